The lowest BCUT2D eigenvalue weighted by molar-refractivity contribution is -0.122. The van der Waals surface area contributed by atoms with E-state index in [0.717, 1.165) is 18.1 Å². The molecule has 96 valence electrons. The first kappa shape index (κ1) is 14.8. The third-order valence-corrected chi connectivity index (χ3v) is 4.70. The van der Waals surface area contributed by atoms with Crippen LogP contribution in [0, 0.1) is 0 Å². The Balaban J connectivity index is 0.00000144. The van der Waals surface area contributed by atoms with Crippen molar-refractivity contribution in [2.45, 2.75) is 25.9 Å². The van der Waals surface area contributed by atoms with Crippen LogP contribution >= 0.6 is 35.5 Å². The monoisotopic (exact) mass is 292 g/mol. The number of hydrogen-bond acceptors (Lipinski definition) is 4. The lowest BCUT2D eigenvalue weighted by Crippen LogP contribution is -2.41. The topological polar surface area (TPSA) is 41.1 Å². The quantitative estimate of drug-likeness (QED) is 0.892. The second kappa shape index (κ2) is 7.26. The summed E-state index contributed by atoms with van der Waals surface area (Å²) >= 11 is 3.55. The van der Waals surface area contributed by atoms with E-state index < -0.39 is 0 Å². The number of thioether (sulfide) groups is 1. The molecule has 1 saturated heterocycles. The molecule has 3 nitrogen and oxygen atoms in total. The van der Waals surface area contributed by atoms with Crippen LogP contribution in [0.2, 0.25) is 0 Å². The predicted octanol–water partition coefficient (Wildman–Crippen LogP) is 2.01. The minimum Gasteiger partial charge on any atom is -0.350 e. The van der Waals surface area contributed by atoms with Gasteiger partial charge in [0.25, 0.3) is 0 Å². The molecule has 1 fully saturated rings. The molecule has 1 aliphatic rings. The summed E-state index contributed by atoms with van der Waals surface area (Å²) in [7, 11) is 0. The number of carbonyl (C=O) groups excluding carboxylic acids is 1. The Morgan fingerprint density at radius 3 is 2.88 bits per heavy atom. The minimum atomic E-state index is -0.00407. The molecule has 2 rings (SSSR count). The highest BCUT2D eigenvalue weighted by molar-refractivity contribution is 7.99. The molecule has 0 saturated carbocycles. The van der Waals surface area contributed by atoms with E-state index in [-0.39, 0.29) is 24.4 Å². The summed E-state index contributed by atoms with van der Waals surface area (Å²) in [4.78, 5) is 14.3. The molecule has 6 heteroatoms. The van der Waals surface area contributed by atoms with E-state index in [1.54, 1.807) is 23.1 Å². The van der Waals surface area contributed by atoms with Gasteiger partial charge in [0, 0.05) is 21.4 Å². The van der Waals surface area contributed by atoms with Crippen molar-refractivity contribution in [1.29, 1.82) is 0 Å². The fraction of sp³-hybridized carbons (Fsp3) is 0.545. The van der Waals surface area contributed by atoms with E-state index in [2.05, 4.69) is 29.7 Å². The Bertz CT molecular complexity index is 364. The van der Waals surface area contributed by atoms with E-state index in [4.69, 9.17) is 0 Å². The first-order valence-electron chi connectivity index (χ1n) is 5.46. The standard InChI is InChI=1S/C11H16N2OS2.ClH/c1-2-8-3-4-9(16-8)5-12-11(14)10-6-15-7-13-10;/h3-4,10,13H,2,5-7H2,1H3,(H,12,14);1H. The Morgan fingerprint density at radius 2 is 2.29 bits per heavy atom. The summed E-state index contributed by atoms with van der Waals surface area (Å²) in [5.41, 5.74) is 0. The third-order valence-electron chi connectivity index (χ3n) is 2.54. The lowest BCUT2D eigenvalue weighted by Gasteiger charge is -2.09. The minimum absolute atomic E-state index is 0. The maximum atomic E-state index is 11.7. The molecule has 2 heterocycles. The average Bonchev–Trinajstić information content (AvgIpc) is 2.96. The number of thiophene rings is 1. The molecule has 0 spiro atoms. The predicted molar refractivity (Wildman–Crippen MR) is 77.0 cm³/mol. The van der Waals surface area contributed by atoms with Gasteiger partial charge in [0.05, 0.1) is 12.6 Å². The number of hydrogen-bond donors (Lipinski definition) is 2. The molecule has 0 bridgehead atoms. The first-order chi connectivity index (χ1) is 7.79. The summed E-state index contributed by atoms with van der Waals surface area (Å²) < 4.78 is 0. The third kappa shape index (κ3) is 4.17. The number of nitrogens with one attached hydrogen (secondary N) is 2. The van der Waals surface area contributed by atoms with Crippen molar-refractivity contribution < 1.29 is 4.79 Å². The largest absolute Gasteiger partial charge is 0.350 e. The second-order valence-electron chi connectivity index (χ2n) is 3.71. The van der Waals surface area contributed by atoms with Crippen molar-refractivity contribution in [2.24, 2.45) is 0 Å². The second-order valence-corrected chi connectivity index (χ2v) is 5.99. The van der Waals surface area contributed by atoms with Crippen molar-refractivity contribution in [2.75, 3.05) is 11.6 Å². The lowest BCUT2D eigenvalue weighted by atomic mass is 10.3. The van der Waals surface area contributed by atoms with Gasteiger partial charge in [-0.05, 0) is 18.6 Å². The van der Waals surface area contributed by atoms with Crippen LogP contribution in [0.1, 0.15) is 16.7 Å². The molecule has 17 heavy (non-hydrogen) atoms. The molecule has 1 aromatic rings. The molecular weight excluding hydrogens is 276 g/mol. The number of amides is 1. The van der Waals surface area contributed by atoms with Crippen molar-refractivity contribution in [3.8, 4) is 0 Å². The fourth-order valence-corrected chi connectivity index (χ4v) is 3.41. The summed E-state index contributed by atoms with van der Waals surface area (Å²) in [6.07, 6.45) is 1.07. The van der Waals surface area contributed by atoms with Gasteiger partial charge in [-0.2, -0.15) is 0 Å². The zero-order valence-corrected chi connectivity index (χ0v) is 12.1. The molecular formula is C11H17ClN2OS2. The van der Waals surface area contributed by atoms with Gasteiger partial charge >= 0.3 is 0 Å². The van der Waals surface area contributed by atoms with Crippen molar-refractivity contribution in [3.63, 3.8) is 0 Å². The summed E-state index contributed by atoms with van der Waals surface area (Å²) in [5, 5.41) is 6.14. The Morgan fingerprint density at radius 1 is 1.53 bits per heavy atom. The van der Waals surface area contributed by atoms with Crippen LogP contribution in [0.5, 0.6) is 0 Å². The zero-order valence-electron chi connectivity index (χ0n) is 9.69. The van der Waals surface area contributed by atoms with E-state index in [9.17, 15) is 4.79 Å². The number of carbonyl (C=O) groups is 1. The van der Waals surface area contributed by atoms with E-state index in [0.29, 0.717) is 6.54 Å². The van der Waals surface area contributed by atoms with Crippen LogP contribution in [0.25, 0.3) is 0 Å². The van der Waals surface area contributed by atoms with Crippen LogP contribution in [0.3, 0.4) is 0 Å². The first-order valence-corrected chi connectivity index (χ1v) is 7.43. The molecule has 1 unspecified atom stereocenters. The molecule has 2 N–H and O–H groups in total. The van der Waals surface area contributed by atoms with Gasteiger partial charge in [-0.25, -0.2) is 0 Å². The fourth-order valence-electron chi connectivity index (χ4n) is 1.57. The van der Waals surface area contributed by atoms with Gasteiger partial charge in [0.2, 0.25) is 5.91 Å². The molecule has 1 aliphatic heterocycles. The Kier molecular flexibility index (Phi) is 6.33. The highest BCUT2D eigenvalue weighted by atomic mass is 35.5. The van der Waals surface area contributed by atoms with Gasteiger partial charge in [0.15, 0.2) is 0 Å². The summed E-state index contributed by atoms with van der Waals surface area (Å²) in [6, 6.07) is 4.23. The summed E-state index contributed by atoms with van der Waals surface area (Å²) in [5.74, 6) is 1.89. The highest BCUT2D eigenvalue weighted by Gasteiger charge is 2.21. The Hall–Kier alpha value is -0.230. The van der Waals surface area contributed by atoms with E-state index in [1.165, 1.54) is 9.75 Å². The van der Waals surface area contributed by atoms with E-state index >= 15 is 0 Å². The summed E-state index contributed by atoms with van der Waals surface area (Å²) in [6.45, 7) is 2.81. The van der Waals surface area contributed by atoms with Gasteiger partial charge < -0.3 is 5.32 Å². The maximum absolute atomic E-state index is 11.7. The molecule has 1 aromatic heterocycles. The van der Waals surface area contributed by atoms with Gasteiger partial charge in [-0.15, -0.1) is 35.5 Å². The molecule has 1 amide bonds. The number of halogens is 1. The van der Waals surface area contributed by atoms with Gasteiger partial charge in [-0.3, -0.25) is 10.1 Å². The SMILES string of the molecule is CCc1ccc(CNC(=O)C2CSCN2)s1.Cl. The Labute approximate surface area is 116 Å². The molecule has 0 aliphatic carbocycles. The van der Waals surface area contributed by atoms with Gasteiger partial charge in [-0.1, -0.05) is 6.92 Å². The number of aryl methyl sites for hydroxylation is 1. The van der Waals surface area contributed by atoms with Crippen molar-refractivity contribution in [3.05, 3.63) is 21.9 Å². The van der Waals surface area contributed by atoms with Crippen LogP contribution in [0.15, 0.2) is 12.1 Å². The van der Waals surface area contributed by atoms with Crippen LogP contribution < -0.4 is 10.6 Å². The molecule has 0 radical (unpaired) electrons. The van der Waals surface area contributed by atoms with Crippen LogP contribution in [0.4, 0.5) is 0 Å². The highest BCUT2D eigenvalue weighted by Crippen LogP contribution is 2.16. The van der Waals surface area contributed by atoms with Crippen LogP contribution in [-0.2, 0) is 17.8 Å². The van der Waals surface area contributed by atoms with Crippen LogP contribution in [-0.4, -0.2) is 23.6 Å². The van der Waals surface area contributed by atoms with E-state index in [1.807, 2.05) is 0 Å². The smallest absolute Gasteiger partial charge is 0.238 e. The zero-order chi connectivity index (χ0) is 11.4. The molecule has 1 atom stereocenters. The average molecular weight is 293 g/mol. The van der Waals surface area contributed by atoms with Crippen molar-refractivity contribution >= 4 is 41.4 Å². The normalized spacial score (nSPS) is 18.8. The van der Waals surface area contributed by atoms with Crippen molar-refractivity contribution in [1.82, 2.24) is 10.6 Å². The van der Waals surface area contributed by atoms with Gasteiger partial charge in [0.1, 0.15) is 0 Å². The number of rotatable bonds is 4. The molecule has 0 aromatic carbocycles. The maximum Gasteiger partial charge on any atom is 0.238 e.